The summed E-state index contributed by atoms with van der Waals surface area (Å²) in [5, 5.41) is 0. The van der Waals surface area contributed by atoms with Crippen LogP contribution in [0.4, 0.5) is 0 Å². The zero-order chi connectivity index (χ0) is 12.6. The van der Waals surface area contributed by atoms with Crippen molar-refractivity contribution in [2.24, 2.45) is 0 Å². The number of hydrogen-bond donors (Lipinski definition) is 1. The zero-order valence-electron chi connectivity index (χ0n) is 9.22. The third kappa shape index (κ3) is 2.14. The van der Waals surface area contributed by atoms with Gasteiger partial charge in [-0.3, -0.25) is 0 Å². The maximum atomic E-state index is 11.3. The number of fused-ring (bicyclic) bond motifs is 1. The maximum absolute atomic E-state index is 11.3. The first-order valence-corrected chi connectivity index (χ1v) is 6.59. The number of imidazole rings is 1. The lowest BCUT2D eigenvalue weighted by atomic mass is 10.3. The number of carbonyl (C=O) groups is 1. The van der Waals surface area contributed by atoms with Crippen molar-refractivity contribution >= 4 is 26.8 Å². The van der Waals surface area contributed by atoms with E-state index in [0.29, 0.717) is 11.0 Å². The van der Waals surface area contributed by atoms with E-state index in [2.05, 4.69) is 14.7 Å². The Morgan fingerprint density at radius 3 is 2.71 bits per heavy atom. The van der Waals surface area contributed by atoms with Crippen LogP contribution in [-0.2, 0) is 14.6 Å². The Morgan fingerprint density at radius 2 is 2.12 bits per heavy atom. The highest BCUT2D eigenvalue weighted by atomic mass is 32.2. The molecule has 0 aliphatic carbocycles. The number of aromatic amines is 1. The third-order valence-electron chi connectivity index (χ3n) is 2.26. The highest BCUT2D eigenvalue weighted by Crippen LogP contribution is 2.17. The van der Waals surface area contributed by atoms with Gasteiger partial charge in [-0.15, -0.1) is 0 Å². The summed E-state index contributed by atoms with van der Waals surface area (Å²) in [6.07, 6.45) is 1.12. The molecule has 1 N–H and O–H groups in total. The summed E-state index contributed by atoms with van der Waals surface area (Å²) in [6, 6.07) is 4.42. The molecule has 0 aliphatic heterocycles. The first-order valence-electron chi connectivity index (χ1n) is 4.70. The Bertz CT molecular complexity index is 687. The summed E-state index contributed by atoms with van der Waals surface area (Å²) in [7, 11) is -2.03. The number of H-pyrrole nitrogens is 1. The molecule has 0 fully saturated rings. The molecule has 1 aromatic heterocycles. The second-order valence-electron chi connectivity index (χ2n) is 3.53. The van der Waals surface area contributed by atoms with Gasteiger partial charge in [0.25, 0.3) is 0 Å². The van der Waals surface area contributed by atoms with Crippen molar-refractivity contribution in [1.82, 2.24) is 9.97 Å². The van der Waals surface area contributed by atoms with Crippen LogP contribution in [0.15, 0.2) is 23.1 Å². The number of rotatable bonds is 2. The normalized spacial score (nSPS) is 11.6. The third-order valence-corrected chi connectivity index (χ3v) is 3.37. The molecule has 0 unspecified atom stereocenters. The van der Waals surface area contributed by atoms with E-state index < -0.39 is 15.8 Å². The lowest BCUT2D eigenvalue weighted by molar-refractivity contribution is 0.0588. The summed E-state index contributed by atoms with van der Waals surface area (Å²) in [4.78, 5) is 18.1. The molecule has 0 spiro atoms. The maximum Gasteiger partial charge on any atom is 0.374 e. The standard InChI is InChI=1S/C10H10N2O4S/c1-16-10(13)9-11-7-4-3-6(17(2,14)15)5-8(7)12-9/h3-5H,1-2H3,(H,11,12). The zero-order valence-corrected chi connectivity index (χ0v) is 10.0. The summed E-state index contributed by atoms with van der Waals surface area (Å²) in [5.74, 6) is -0.546. The summed E-state index contributed by atoms with van der Waals surface area (Å²) in [5.41, 5.74) is 0.992. The van der Waals surface area contributed by atoms with Crippen LogP contribution in [0.1, 0.15) is 10.6 Å². The average Bonchev–Trinajstić information content (AvgIpc) is 2.69. The van der Waals surface area contributed by atoms with E-state index >= 15 is 0 Å². The van der Waals surface area contributed by atoms with E-state index in [1.54, 1.807) is 0 Å². The molecule has 0 amide bonds. The number of ether oxygens (including phenoxy) is 1. The first-order chi connectivity index (χ1) is 7.91. The number of aromatic nitrogens is 2. The van der Waals surface area contributed by atoms with Crippen molar-refractivity contribution < 1.29 is 17.9 Å². The van der Waals surface area contributed by atoms with Crippen LogP contribution in [0.3, 0.4) is 0 Å². The minimum atomic E-state index is -3.27. The van der Waals surface area contributed by atoms with Crippen LogP contribution < -0.4 is 0 Å². The molecule has 1 aromatic carbocycles. The van der Waals surface area contributed by atoms with Gasteiger partial charge in [0.15, 0.2) is 9.84 Å². The second kappa shape index (κ2) is 3.85. The molecule has 0 aliphatic rings. The van der Waals surface area contributed by atoms with Crippen molar-refractivity contribution in [2.75, 3.05) is 13.4 Å². The van der Waals surface area contributed by atoms with Crippen LogP contribution in [0, 0.1) is 0 Å². The average molecular weight is 254 g/mol. The van der Waals surface area contributed by atoms with Gasteiger partial charge in [-0.05, 0) is 18.2 Å². The van der Waals surface area contributed by atoms with Gasteiger partial charge in [0.1, 0.15) is 0 Å². The molecular formula is C10H10N2O4S. The fraction of sp³-hybridized carbons (Fsp3) is 0.200. The molecule has 0 bridgehead atoms. The second-order valence-corrected chi connectivity index (χ2v) is 5.54. The van der Waals surface area contributed by atoms with Gasteiger partial charge in [-0.1, -0.05) is 0 Å². The Hall–Kier alpha value is -1.89. The number of hydrogen-bond acceptors (Lipinski definition) is 5. The molecular weight excluding hydrogens is 244 g/mol. The first kappa shape index (κ1) is 11.6. The van der Waals surface area contributed by atoms with Crippen molar-refractivity contribution in [3.8, 4) is 0 Å². The molecule has 2 aromatic rings. The van der Waals surface area contributed by atoms with Crippen molar-refractivity contribution in [2.45, 2.75) is 4.90 Å². The van der Waals surface area contributed by atoms with Crippen molar-refractivity contribution in [1.29, 1.82) is 0 Å². The van der Waals surface area contributed by atoms with Crippen molar-refractivity contribution in [3.05, 3.63) is 24.0 Å². The SMILES string of the molecule is COC(=O)c1nc2ccc(S(C)(=O)=O)cc2[nH]1. The van der Waals surface area contributed by atoms with E-state index in [0.717, 1.165) is 6.26 Å². The molecule has 7 heteroatoms. The predicted octanol–water partition coefficient (Wildman–Crippen LogP) is 0.753. The van der Waals surface area contributed by atoms with E-state index in [4.69, 9.17) is 0 Å². The number of benzene rings is 1. The van der Waals surface area contributed by atoms with Gasteiger partial charge in [0.05, 0.1) is 23.0 Å². The van der Waals surface area contributed by atoms with Gasteiger partial charge in [0, 0.05) is 6.26 Å². The highest BCUT2D eigenvalue weighted by Gasteiger charge is 2.13. The van der Waals surface area contributed by atoms with E-state index in [1.807, 2.05) is 0 Å². The number of esters is 1. The molecule has 90 valence electrons. The molecule has 1 heterocycles. The number of carbonyl (C=O) groups excluding carboxylic acids is 1. The highest BCUT2D eigenvalue weighted by molar-refractivity contribution is 7.90. The van der Waals surface area contributed by atoms with E-state index in [1.165, 1.54) is 25.3 Å². The van der Waals surface area contributed by atoms with Gasteiger partial charge < -0.3 is 9.72 Å². The molecule has 2 rings (SSSR count). The lowest BCUT2D eigenvalue weighted by Gasteiger charge is -1.96. The Kier molecular flexibility index (Phi) is 2.62. The monoisotopic (exact) mass is 254 g/mol. The van der Waals surface area contributed by atoms with Gasteiger partial charge in [-0.25, -0.2) is 18.2 Å². The Morgan fingerprint density at radius 1 is 1.41 bits per heavy atom. The van der Waals surface area contributed by atoms with Gasteiger partial charge in [0.2, 0.25) is 5.82 Å². The summed E-state index contributed by atoms with van der Waals surface area (Å²) in [6.45, 7) is 0. The van der Waals surface area contributed by atoms with Crippen LogP contribution in [0.25, 0.3) is 11.0 Å². The number of nitrogens with zero attached hydrogens (tertiary/aromatic N) is 1. The Labute approximate surface area is 97.5 Å². The summed E-state index contributed by atoms with van der Waals surface area (Å²) >= 11 is 0. The summed E-state index contributed by atoms with van der Waals surface area (Å²) < 4.78 is 27.2. The molecule has 0 saturated carbocycles. The lowest BCUT2D eigenvalue weighted by Crippen LogP contribution is -2.02. The predicted molar refractivity (Wildman–Crippen MR) is 60.5 cm³/mol. The smallest absolute Gasteiger partial charge is 0.374 e. The van der Waals surface area contributed by atoms with Crippen LogP contribution in [-0.4, -0.2) is 37.7 Å². The van der Waals surface area contributed by atoms with Gasteiger partial charge >= 0.3 is 5.97 Å². The Balaban J connectivity index is 2.60. The molecule has 17 heavy (non-hydrogen) atoms. The fourth-order valence-corrected chi connectivity index (χ4v) is 2.06. The van der Waals surface area contributed by atoms with Gasteiger partial charge in [-0.2, -0.15) is 0 Å². The van der Waals surface area contributed by atoms with Crippen LogP contribution in [0.2, 0.25) is 0 Å². The number of sulfone groups is 1. The van der Waals surface area contributed by atoms with E-state index in [9.17, 15) is 13.2 Å². The fourth-order valence-electron chi connectivity index (χ4n) is 1.41. The molecule has 0 saturated heterocycles. The topological polar surface area (TPSA) is 89.1 Å². The van der Waals surface area contributed by atoms with E-state index in [-0.39, 0.29) is 10.7 Å². The minimum absolute atomic E-state index is 0.0492. The molecule has 0 radical (unpaired) electrons. The van der Waals surface area contributed by atoms with Crippen LogP contribution in [0.5, 0.6) is 0 Å². The molecule has 0 atom stereocenters. The van der Waals surface area contributed by atoms with Crippen molar-refractivity contribution in [3.63, 3.8) is 0 Å². The molecule has 6 nitrogen and oxygen atoms in total. The number of nitrogens with one attached hydrogen (secondary N) is 1. The largest absolute Gasteiger partial charge is 0.463 e. The minimum Gasteiger partial charge on any atom is -0.463 e. The number of methoxy groups -OCH3 is 1. The van der Waals surface area contributed by atoms with Crippen LogP contribution >= 0.6 is 0 Å². The quantitative estimate of drug-likeness (QED) is 0.799.